The second kappa shape index (κ2) is 28.3. The van der Waals surface area contributed by atoms with Crippen molar-refractivity contribution in [2.24, 2.45) is 0 Å². The summed E-state index contributed by atoms with van der Waals surface area (Å²) < 4.78 is 57.5. The van der Waals surface area contributed by atoms with Gasteiger partial charge in [-0.1, -0.05) is 93.2 Å². The summed E-state index contributed by atoms with van der Waals surface area (Å²) in [6.45, 7) is 3.13. The quantitative estimate of drug-likeness (QED) is 0.0378. The molecule has 0 amide bonds. The number of rotatable bonds is 27. The first-order chi connectivity index (χ1) is 23.6. The number of unbranched alkanes of at least 4 members (excludes halogenated alkanes) is 3. The number of esters is 1. The van der Waals surface area contributed by atoms with Crippen molar-refractivity contribution in [3.63, 3.8) is 0 Å². The normalized spacial score (nSPS) is 22.9. The SMILES string of the molecule is CC/C=C\C/C=C\C/C=C\C/C=C\C/C=C\C/C=C\CCCCCOCC(COC1OC(CO)C(O)C(OS(=O)(=O)O)C1O)OC(=O)CC. The summed E-state index contributed by atoms with van der Waals surface area (Å²) >= 11 is 0. The van der Waals surface area contributed by atoms with E-state index in [-0.39, 0.29) is 19.6 Å². The highest BCUT2D eigenvalue weighted by atomic mass is 32.3. The minimum atomic E-state index is -5.05. The molecule has 280 valence electrons. The zero-order valence-corrected chi connectivity index (χ0v) is 29.8. The minimum absolute atomic E-state index is 0.00128. The molecule has 0 aromatic rings. The molecular formula is C36H58O12S. The lowest BCUT2D eigenvalue weighted by atomic mass is 9.99. The molecule has 49 heavy (non-hydrogen) atoms. The van der Waals surface area contributed by atoms with E-state index in [2.05, 4.69) is 84.0 Å². The van der Waals surface area contributed by atoms with Gasteiger partial charge in [-0.25, -0.2) is 4.18 Å². The molecule has 1 fully saturated rings. The predicted octanol–water partition coefficient (Wildman–Crippen LogP) is 5.23. The average molecular weight is 715 g/mol. The van der Waals surface area contributed by atoms with Gasteiger partial charge in [0.1, 0.15) is 30.5 Å². The van der Waals surface area contributed by atoms with Crippen LogP contribution < -0.4 is 0 Å². The third kappa shape index (κ3) is 22.8. The van der Waals surface area contributed by atoms with Gasteiger partial charge >= 0.3 is 16.4 Å². The van der Waals surface area contributed by atoms with E-state index in [0.717, 1.165) is 64.2 Å². The molecule has 0 aromatic carbocycles. The van der Waals surface area contributed by atoms with E-state index in [1.807, 2.05) is 0 Å². The number of aliphatic hydroxyl groups is 3. The van der Waals surface area contributed by atoms with E-state index in [4.69, 9.17) is 23.5 Å². The zero-order valence-electron chi connectivity index (χ0n) is 29.0. The Labute approximate surface area is 292 Å². The molecule has 0 bridgehead atoms. The Balaban J connectivity index is 2.25. The molecule has 6 unspecified atom stereocenters. The van der Waals surface area contributed by atoms with Crippen molar-refractivity contribution in [2.45, 2.75) is 121 Å². The van der Waals surface area contributed by atoms with Gasteiger partial charge in [0.2, 0.25) is 0 Å². The number of aliphatic hydroxyl groups excluding tert-OH is 3. The molecule has 1 aliphatic heterocycles. The zero-order chi connectivity index (χ0) is 36.2. The molecule has 0 spiro atoms. The summed E-state index contributed by atoms with van der Waals surface area (Å²) in [7, 11) is -5.05. The lowest BCUT2D eigenvalue weighted by Gasteiger charge is -2.41. The van der Waals surface area contributed by atoms with Crippen molar-refractivity contribution >= 4 is 16.4 Å². The summed E-state index contributed by atoms with van der Waals surface area (Å²) in [5, 5.41) is 30.1. The maximum Gasteiger partial charge on any atom is 0.397 e. The third-order valence-corrected chi connectivity index (χ3v) is 7.61. The van der Waals surface area contributed by atoms with Crippen LogP contribution in [0.25, 0.3) is 0 Å². The van der Waals surface area contributed by atoms with Gasteiger partial charge in [-0.15, -0.1) is 0 Å². The van der Waals surface area contributed by atoms with E-state index in [1.54, 1.807) is 6.92 Å². The van der Waals surface area contributed by atoms with Gasteiger partial charge in [0, 0.05) is 13.0 Å². The fourth-order valence-corrected chi connectivity index (χ4v) is 5.04. The number of allylic oxidation sites excluding steroid dienone is 12. The molecule has 1 heterocycles. The summed E-state index contributed by atoms with van der Waals surface area (Å²) in [5.74, 6) is -0.505. The lowest BCUT2D eigenvalue weighted by Crippen LogP contribution is -2.60. The molecule has 1 saturated heterocycles. The Morgan fingerprint density at radius 1 is 0.776 bits per heavy atom. The van der Waals surface area contributed by atoms with E-state index in [0.29, 0.717) is 6.61 Å². The molecule has 0 saturated carbocycles. The Hall–Kier alpha value is -2.46. The number of carbonyl (C=O) groups is 1. The van der Waals surface area contributed by atoms with E-state index < -0.39 is 59.8 Å². The van der Waals surface area contributed by atoms with Gasteiger partial charge in [0.05, 0.1) is 19.8 Å². The van der Waals surface area contributed by atoms with Gasteiger partial charge in [0.15, 0.2) is 6.29 Å². The molecule has 12 nitrogen and oxygen atoms in total. The molecule has 0 aromatic heterocycles. The maximum atomic E-state index is 11.9. The highest BCUT2D eigenvalue weighted by Crippen LogP contribution is 2.25. The Morgan fingerprint density at radius 2 is 1.33 bits per heavy atom. The van der Waals surface area contributed by atoms with Crippen molar-refractivity contribution in [1.82, 2.24) is 0 Å². The predicted molar refractivity (Wildman–Crippen MR) is 188 cm³/mol. The number of hydrogen-bond donors (Lipinski definition) is 4. The second-order valence-corrected chi connectivity index (χ2v) is 12.4. The molecule has 4 N–H and O–H groups in total. The van der Waals surface area contributed by atoms with Crippen LogP contribution in [0.2, 0.25) is 0 Å². The van der Waals surface area contributed by atoms with Gasteiger partial charge in [-0.3, -0.25) is 9.35 Å². The van der Waals surface area contributed by atoms with Gasteiger partial charge in [0.25, 0.3) is 0 Å². The minimum Gasteiger partial charge on any atom is -0.457 e. The van der Waals surface area contributed by atoms with E-state index in [1.165, 1.54) is 0 Å². The van der Waals surface area contributed by atoms with Crippen molar-refractivity contribution in [1.29, 1.82) is 0 Å². The number of carbonyl (C=O) groups excluding carboxylic acids is 1. The summed E-state index contributed by atoms with van der Waals surface area (Å²) in [6, 6.07) is 0. The highest BCUT2D eigenvalue weighted by molar-refractivity contribution is 7.80. The first-order valence-electron chi connectivity index (χ1n) is 17.2. The van der Waals surface area contributed by atoms with Crippen molar-refractivity contribution < 1.29 is 56.2 Å². The van der Waals surface area contributed by atoms with Crippen LogP contribution in [0.4, 0.5) is 0 Å². The molecule has 1 aliphatic rings. The number of hydrogen-bond acceptors (Lipinski definition) is 11. The summed E-state index contributed by atoms with van der Waals surface area (Å²) in [4.78, 5) is 11.9. The fourth-order valence-electron chi connectivity index (χ4n) is 4.53. The summed E-state index contributed by atoms with van der Waals surface area (Å²) in [5.41, 5.74) is 0. The Kier molecular flexibility index (Phi) is 25.7. The second-order valence-electron chi connectivity index (χ2n) is 11.3. The standard InChI is InChI=1S/C36H58O12S/c1-3-5-6-7-8-9-10-11-12-13-14-15-16-17-18-19-20-21-22-23-24-25-26-44-28-30(46-32(38)4-2)29-45-36-34(40)35(48-49(41,42)43)33(39)31(27-37)47-36/h5-6,8-9,11-12,14-15,17-18,20-21,30-31,33-37,39-40H,3-4,7,10,13,16,19,22-29H2,1-2H3,(H,41,42,43)/b6-5-,9-8-,12-11-,15-14-,18-17-,21-20-. The van der Waals surface area contributed by atoms with Crippen LogP contribution in [-0.4, -0.2) is 97.5 Å². The smallest absolute Gasteiger partial charge is 0.397 e. The maximum absolute atomic E-state index is 11.9. The van der Waals surface area contributed by atoms with Crippen LogP contribution in [-0.2, 0) is 38.3 Å². The fraction of sp³-hybridized carbons (Fsp3) is 0.639. The highest BCUT2D eigenvalue weighted by Gasteiger charge is 2.48. The topological polar surface area (TPSA) is 178 Å². The monoisotopic (exact) mass is 714 g/mol. The van der Waals surface area contributed by atoms with Crippen LogP contribution >= 0.6 is 0 Å². The van der Waals surface area contributed by atoms with Crippen molar-refractivity contribution in [3.8, 4) is 0 Å². The van der Waals surface area contributed by atoms with Crippen LogP contribution in [0.1, 0.15) is 84.5 Å². The number of ether oxygens (including phenoxy) is 4. The average Bonchev–Trinajstić information content (AvgIpc) is 3.07. The molecule has 6 atom stereocenters. The Bertz CT molecular complexity index is 1140. The first-order valence-corrected chi connectivity index (χ1v) is 18.6. The molecular weight excluding hydrogens is 656 g/mol. The molecule has 0 radical (unpaired) electrons. The molecule has 0 aliphatic carbocycles. The lowest BCUT2D eigenvalue weighted by molar-refractivity contribution is -0.301. The Morgan fingerprint density at radius 3 is 1.84 bits per heavy atom. The van der Waals surface area contributed by atoms with Crippen LogP contribution in [0.3, 0.4) is 0 Å². The van der Waals surface area contributed by atoms with E-state index in [9.17, 15) is 28.5 Å². The van der Waals surface area contributed by atoms with Gasteiger partial charge in [-0.2, -0.15) is 8.42 Å². The molecule has 1 rings (SSSR count). The van der Waals surface area contributed by atoms with Crippen LogP contribution in [0.5, 0.6) is 0 Å². The van der Waals surface area contributed by atoms with Crippen LogP contribution in [0.15, 0.2) is 72.9 Å². The van der Waals surface area contributed by atoms with Gasteiger partial charge in [-0.05, 0) is 57.8 Å². The largest absolute Gasteiger partial charge is 0.457 e. The summed E-state index contributed by atoms with van der Waals surface area (Å²) in [6.07, 6.45) is 26.5. The van der Waals surface area contributed by atoms with Crippen molar-refractivity contribution in [2.75, 3.05) is 26.4 Å². The van der Waals surface area contributed by atoms with Crippen LogP contribution in [0, 0.1) is 0 Å². The third-order valence-electron chi connectivity index (χ3n) is 7.15. The first kappa shape index (κ1) is 44.6. The van der Waals surface area contributed by atoms with Gasteiger partial charge < -0.3 is 34.3 Å². The molecule has 13 heteroatoms. The van der Waals surface area contributed by atoms with Crippen molar-refractivity contribution in [3.05, 3.63) is 72.9 Å². The van der Waals surface area contributed by atoms with E-state index >= 15 is 0 Å².